The molecule has 0 spiro atoms. The molecule has 0 N–H and O–H groups in total. The van der Waals surface area contributed by atoms with Crippen LogP contribution in [0.25, 0.3) is 0 Å². The summed E-state index contributed by atoms with van der Waals surface area (Å²) in [6, 6.07) is 0. The number of carbonyl (C=O) groups excluding carboxylic acids is 3. The van der Waals surface area contributed by atoms with Gasteiger partial charge in [0.1, 0.15) is 13.2 Å². The average molecular weight is 1100 g/mol. The van der Waals surface area contributed by atoms with Crippen molar-refractivity contribution in [3.63, 3.8) is 0 Å². The number of allylic oxidation sites excluding steroid dienone is 16. The van der Waals surface area contributed by atoms with Gasteiger partial charge in [-0.2, -0.15) is 0 Å². The van der Waals surface area contributed by atoms with Crippen LogP contribution in [0.15, 0.2) is 97.2 Å². The SMILES string of the molecule is CC/C=C\C/C=C\C/C=C\C/C=C\C/C=C\CCCCCCCCCCCCCCCCCC(=O)OCC(COC(=O)CCCCCCC/C=C\CCCCC)OC(=O)CCCCCCCCC/C=C\C/C=C\CCCCCC. The van der Waals surface area contributed by atoms with Crippen LogP contribution in [0.4, 0.5) is 0 Å². The molecular formula is C73H126O6. The predicted octanol–water partition coefficient (Wildman–Crippen LogP) is 23.2. The lowest BCUT2D eigenvalue weighted by Gasteiger charge is -2.18. The molecule has 6 heteroatoms. The van der Waals surface area contributed by atoms with Crippen LogP contribution < -0.4 is 0 Å². The largest absolute Gasteiger partial charge is 0.462 e. The highest BCUT2D eigenvalue weighted by Crippen LogP contribution is 2.17. The van der Waals surface area contributed by atoms with Crippen LogP contribution in [0.3, 0.4) is 0 Å². The summed E-state index contributed by atoms with van der Waals surface area (Å²) in [5, 5.41) is 0. The molecule has 1 unspecified atom stereocenters. The van der Waals surface area contributed by atoms with Gasteiger partial charge in [-0.25, -0.2) is 0 Å². The monoisotopic (exact) mass is 1100 g/mol. The van der Waals surface area contributed by atoms with Gasteiger partial charge in [0.25, 0.3) is 0 Å². The highest BCUT2D eigenvalue weighted by Gasteiger charge is 2.19. The maximum Gasteiger partial charge on any atom is 0.306 e. The van der Waals surface area contributed by atoms with E-state index in [4.69, 9.17) is 14.2 Å². The number of carbonyl (C=O) groups is 3. The third-order valence-corrected chi connectivity index (χ3v) is 14.5. The molecule has 0 bridgehead atoms. The van der Waals surface area contributed by atoms with E-state index in [-0.39, 0.29) is 31.1 Å². The van der Waals surface area contributed by atoms with Crippen molar-refractivity contribution in [2.45, 2.75) is 335 Å². The van der Waals surface area contributed by atoms with Gasteiger partial charge in [-0.3, -0.25) is 14.4 Å². The standard InChI is InChI=1S/C73H126O6/c1-4-7-10-13-16-19-22-25-27-29-31-32-33-34-35-36-37-38-39-40-41-42-43-45-46-48-51-54-57-60-63-66-72(75)78-69-70(68-77-71(74)65-62-59-56-53-50-24-21-18-15-12-9-6-3)79-73(76)67-64-61-58-55-52-49-47-44-30-28-26-23-20-17-14-11-8-5-2/h7,10,16,18-21,23,25,27-28,30-32,34-35,70H,4-6,8-9,11-15,17,22,24,26,29,33,36-69H2,1-3H3/b10-7-,19-16-,21-18-,23-20-,27-25-,30-28-,32-31-,35-34-. The van der Waals surface area contributed by atoms with Crippen molar-refractivity contribution >= 4 is 17.9 Å². The lowest BCUT2D eigenvalue weighted by molar-refractivity contribution is -0.167. The van der Waals surface area contributed by atoms with Crippen LogP contribution >= 0.6 is 0 Å². The predicted molar refractivity (Wildman–Crippen MR) is 344 cm³/mol. The van der Waals surface area contributed by atoms with Crippen LogP contribution in [-0.4, -0.2) is 37.2 Å². The van der Waals surface area contributed by atoms with E-state index in [0.717, 1.165) is 109 Å². The summed E-state index contributed by atoms with van der Waals surface area (Å²) in [5.41, 5.74) is 0. The second kappa shape index (κ2) is 66.8. The number of ether oxygens (including phenoxy) is 3. The Balaban J connectivity index is 4.21. The molecule has 0 aliphatic carbocycles. The van der Waals surface area contributed by atoms with Crippen molar-refractivity contribution in [2.24, 2.45) is 0 Å². The Bertz CT molecular complexity index is 1540. The minimum Gasteiger partial charge on any atom is -0.462 e. The second-order valence-corrected chi connectivity index (χ2v) is 22.3. The summed E-state index contributed by atoms with van der Waals surface area (Å²) >= 11 is 0. The zero-order valence-corrected chi connectivity index (χ0v) is 52.1. The second-order valence-electron chi connectivity index (χ2n) is 22.3. The molecule has 0 amide bonds. The van der Waals surface area contributed by atoms with Crippen LogP contribution in [-0.2, 0) is 28.6 Å². The number of esters is 3. The maximum atomic E-state index is 12.9. The van der Waals surface area contributed by atoms with E-state index in [1.54, 1.807) is 0 Å². The smallest absolute Gasteiger partial charge is 0.306 e. The fourth-order valence-electron chi connectivity index (χ4n) is 9.50. The van der Waals surface area contributed by atoms with Gasteiger partial charge in [0.15, 0.2) is 6.10 Å². The molecule has 0 aromatic rings. The van der Waals surface area contributed by atoms with Crippen molar-refractivity contribution in [3.8, 4) is 0 Å². The Hall–Kier alpha value is -3.67. The molecule has 79 heavy (non-hydrogen) atoms. The molecule has 0 radical (unpaired) electrons. The van der Waals surface area contributed by atoms with Crippen molar-refractivity contribution in [2.75, 3.05) is 13.2 Å². The Kier molecular flexibility index (Phi) is 63.7. The van der Waals surface area contributed by atoms with Crippen molar-refractivity contribution in [1.82, 2.24) is 0 Å². The average Bonchev–Trinajstić information content (AvgIpc) is 3.45. The van der Waals surface area contributed by atoms with Crippen LogP contribution in [0, 0.1) is 0 Å². The Morgan fingerprint density at radius 3 is 0.810 bits per heavy atom. The fraction of sp³-hybridized carbons (Fsp3) is 0.740. The topological polar surface area (TPSA) is 78.9 Å². The molecule has 0 aromatic carbocycles. The van der Waals surface area contributed by atoms with E-state index >= 15 is 0 Å². The van der Waals surface area contributed by atoms with Gasteiger partial charge >= 0.3 is 17.9 Å². The van der Waals surface area contributed by atoms with Gasteiger partial charge in [0, 0.05) is 19.3 Å². The molecule has 0 saturated carbocycles. The molecule has 0 aromatic heterocycles. The summed E-state index contributed by atoms with van der Waals surface area (Å²) < 4.78 is 16.9. The van der Waals surface area contributed by atoms with E-state index in [9.17, 15) is 14.4 Å². The molecule has 0 fully saturated rings. The van der Waals surface area contributed by atoms with Crippen molar-refractivity contribution in [1.29, 1.82) is 0 Å². The third-order valence-electron chi connectivity index (χ3n) is 14.5. The first-order valence-corrected chi connectivity index (χ1v) is 33.7. The minimum absolute atomic E-state index is 0.0810. The molecule has 0 rings (SSSR count). The minimum atomic E-state index is -0.785. The fourth-order valence-corrected chi connectivity index (χ4v) is 9.50. The number of hydrogen-bond acceptors (Lipinski definition) is 6. The molecular weight excluding hydrogens is 973 g/mol. The Morgan fingerprint density at radius 2 is 0.494 bits per heavy atom. The molecule has 1 atom stereocenters. The van der Waals surface area contributed by atoms with Crippen molar-refractivity contribution in [3.05, 3.63) is 97.2 Å². The van der Waals surface area contributed by atoms with E-state index < -0.39 is 6.10 Å². The molecule has 0 heterocycles. The first-order valence-electron chi connectivity index (χ1n) is 33.7. The summed E-state index contributed by atoms with van der Waals surface area (Å²) in [6.45, 7) is 6.50. The highest BCUT2D eigenvalue weighted by atomic mass is 16.6. The van der Waals surface area contributed by atoms with Gasteiger partial charge in [-0.1, -0.05) is 285 Å². The van der Waals surface area contributed by atoms with E-state index in [0.29, 0.717) is 19.3 Å². The van der Waals surface area contributed by atoms with Crippen LogP contribution in [0.2, 0.25) is 0 Å². The number of hydrogen-bond donors (Lipinski definition) is 0. The Morgan fingerprint density at radius 1 is 0.266 bits per heavy atom. The quantitative estimate of drug-likeness (QED) is 0.0261. The van der Waals surface area contributed by atoms with Crippen molar-refractivity contribution < 1.29 is 28.6 Å². The third kappa shape index (κ3) is 65.0. The van der Waals surface area contributed by atoms with E-state index in [2.05, 4.69) is 118 Å². The van der Waals surface area contributed by atoms with Gasteiger partial charge in [0.2, 0.25) is 0 Å². The summed E-state index contributed by atoms with van der Waals surface area (Å²) in [5.74, 6) is -0.886. The molecule has 0 aliphatic heterocycles. The molecule has 0 aliphatic rings. The van der Waals surface area contributed by atoms with E-state index in [1.165, 1.54) is 180 Å². The van der Waals surface area contributed by atoms with Gasteiger partial charge in [0.05, 0.1) is 0 Å². The van der Waals surface area contributed by atoms with E-state index in [1.807, 2.05) is 0 Å². The normalized spacial score (nSPS) is 12.7. The van der Waals surface area contributed by atoms with Crippen LogP contribution in [0.1, 0.15) is 329 Å². The Labute approximate surface area is 489 Å². The summed E-state index contributed by atoms with van der Waals surface area (Å²) in [4.78, 5) is 38.3. The first-order chi connectivity index (χ1) is 39.0. The summed E-state index contributed by atoms with van der Waals surface area (Å²) in [7, 11) is 0. The molecule has 0 saturated heterocycles. The summed E-state index contributed by atoms with van der Waals surface area (Å²) in [6.07, 6.45) is 90.0. The number of rotatable bonds is 61. The first kappa shape index (κ1) is 75.3. The molecule has 6 nitrogen and oxygen atoms in total. The zero-order chi connectivity index (χ0) is 57.1. The highest BCUT2D eigenvalue weighted by molar-refractivity contribution is 5.71. The lowest BCUT2D eigenvalue weighted by Crippen LogP contribution is -2.30. The van der Waals surface area contributed by atoms with Gasteiger partial charge in [-0.15, -0.1) is 0 Å². The molecule has 454 valence electrons. The van der Waals surface area contributed by atoms with Gasteiger partial charge < -0.3 is 14.2 Å². The number of unbranched alkanes of at least 4 members (excludes halogenated alkanes) is 34. The van der Waals surface area contributed by atoms with Gasteiger partial charge in [-0.05, 0) is 122 Å². The van der Waals surface area contributed by atoms with Crippen LogP contribution in [0.5, 0.6) is 0 Å². The zero-order valence-electron chi connectivity index (χ0n) is 52.1. The maximum absolute atomic E-state index is 12.9. The lowest BCUT2D eigenvalue weighted by atomic mass is 10.0.